The molecule has 1 aliphatic rings. The van der Waals surface area contributed by atoms with E-state index < -0.39 is 0 Å². The number of methoxy groups -OCH3 is 1. The number of nitrogens with zero attached hydrogens (tertiary/aromatic N) is 2. The maximum absolute atomic E-state index is 12.1. The van der Waals surface area contributed by atoms with Gasteiger partial charge in [-0.3, -0.25) is 4.79 Å². The fourth-order valence-electron chi connectivity index (χ4n) is 3.04. The Morgan fingerprint density at radius 3 is 2.92 bits per heavy atom. The first-order valence-corrected chi connectivity index (χ1v) is 8.75. The van der Waals surface area contributed by atoms with Crippen LogP contribution >= 0.6 is 0 Å². The molecule has 1 saturated heterocycles. The highest BCUT2D eigenvalue weighted by molar-refractivity contribution is 5.77. The fourth-order valence-corrected chi connectivity index (χ4v) is 3.04. The van der Waals surface area contributed by atoms with Crippen molar-refractivity contribution in [2.45, 2.75) is 32.7 Å². The van der Waals surface area contributed by atoms with Crippen LogP contribution in [0.4, 0.5) is 0 Å². The van der Waals surface area contributed by atoms with Gasteiger partial charge in [-0.1, -0.05) is 0 Å². The SMILES string of the molecule is COc1cc(C#N)ccc1OCC(=O)NC[C@H]1CCCN(C(C)C)C1. The monoisotopic (exact) mass is 345 g/mol. The Labute approximate surface area is 149 Å². The van der Waals surface area contributed by atoms with Gasteiger partial charge in [-0.2, -0.15) is 5.26 Å². The lowest BCUT2D eigenvalue weighted by Crippen LogP contribution is -2.44. The van der Waals surface area contributed by atoms with E-state index in [4.69, 9.17) is 14.7 Å². The Bertz CT molecular complexity index is 625. The second-order valence-electron chi connectivity index (χ2n) is 6.67. The normalized spacial score (nSPS) is 17.8. The van der Waals surface area contributed by atoms with Crippen molar-refractivity contribution >= 4 is 5.91 Å². The highest BCUT2D eigenvalue weighted by Crippen LogP contribution is 2.27. The van der Waals surface area contributed by atoms with Crippen molar-refractivity contribution in [1.82, 2.24) is 10.2 Å². The Morgan fingerprint density at radius 2 is 2.24 bits per heavy atom. The van der Waals surface area contributed by atoms with E-state index in [1.165, 1.54) is 13.5 Å². The zero-order valence-electron chi connectivity index (χ0n) is 15.2. The van der Waals surface area contributed by atoms with Crippen LogP contribution in [0.25, 0.3) is 0 Å². The largest absolute Gasteiger partial charge is 0.493 e. The number of amides is 1. The number of benzene rings is 1. The molecular weight excluding hydrogens is 318 g/mol. The molecule has 1 aromatic carbocycles. The van der Waals surface area contributed by atoms with Gasteiger partial charge >= 0.3 is 0 Å². The van der Waals surface area contributed by atoms with Crippen LogP contribution < -0.4 is 14.8 Å². The number of carbonyl (C=O) groups excluding carboxylic acids is 1. The summed E-state index contributed by atoms with van der Waals surface area (Å²) in [6.07, 6.45) is 2.32. The molecule has 136 valence electrons. The summed E-state index contributed by atoms with van der Waals surface area (Å²) in [5.74, 6) is 1.25. The second-order valence-corrected chi connectivity index (χ2v) is 6.67. The summed E-state index contributed by atoms with van der Waals surface area (Å²) in [7, 11) is 1.51. The molecule has 0 spiro atoms. The van der Waals surface area contributed by atoms with Crippen LogP contribution in [0.2, 0.25) is 0 Å². The van der Waals surface area contributed by atoms with Crippen LogP contribution in [-0.2, 0) is 4.79 Å². The molecule has 0 aromatic heterocycles. The van der Waals surface area contributed by atoms with Crippen molar-refractivity contribution in [2.75, 3.05) is 33.4 Å². The minimum atomic E-state index is -0.145. The van der Waals surface area contributed by atoms with Gasteiger partial charge in [0.2, 0.25) is 0 Å². The van der Waals surface area contributed by atoms with Gasteiger partial charge < -0.3 is 19.7 Å². The summed E-state index contributed by atoms with van der Waals surface area (Å²) in [6, 6.07) is 7.47. The molecular formula is C19H27N3O3. The minimum absolute atomic E-state index is 0.0666. The smallest absolute Gasteiger partial charge is 0.257 e. The molecule has 1 aliphatic heterocycles. The third-order valence-corrected chi connectivity index (χ3v) is 4.52. The Kier molecular flexibility index (Phi) is 7.08. The van der Waals surface area contributed by atoms with E-state index in [-0.39, 0.29) is 12.5 Å². The molecule has 0 radical (unpaired) electrons. The van der Waals surface area contributed by atoms with Crippen LogP contribution in [0.3, 0.4) is 0 Å². The summed E-state index contributed by atoms with van der Waals surface area (Å²) in [6.45, 7) is 7.20. The van der Waals surface area contributed by atoms with E-state index in [0.29, 0.717) is 35.6 Å². The number of rotatable bonds is 7. The van der Waals surface area contributed by atoms with E-state index in [1.807, 2.05) is 6.07 Å². The van der Waals surface area contributed by atoms with Crippen LogP contribution in [0.15, 0.2) is 18.2 Å². The first-order valence-electron chi connectivity index (χ1n) is 8.75. The summed E-state index contributed by atoms with van der Waals surface area (Å²) in [5.41, 5.74) is 0.487. The van der Waals surface area contributed by atoms with Crippen LogP contribution in [0.5, 0.6) is 11.5 Å². The van der Waals surface area contributed by atoms with E-state index in [9.17, 15) is 4.79 Å². The minimum Gasteiger partial charge on any atom is -0.493 e. The van der Waals surface area contributed by atoms with Gasteiger partial charge in [-0.25, -0.2) is 0 Å². The van der Waals surface area contributed by atoms with Gasteiger partial charge in [0.15, 0.2) is 18.1 Å². The molecule has 6 nitrogen and oxygen atoms in total. The third-order valence-electron chi connectivity index (χ3n) is 4.52. The van der Waals surface area contributed by atoms with Gasteiger partial charge in [0.05, 0.1) is 18.7 Å². The Morgan fingerprint density at radius 1 is 1.44 bits per heavy atom. The second kappa shape index (κ2) is 9.28. The third kappa shape index (κ3) is 5.64. The summed E-state index contributed by atoms with van der Waals surface area (Å²) in [4.78, 5) is 14.5. The van der Waals surface area contributed by atoms with E-state index in [1.54, 1.807) is 18.2 Å². The quantitative estimate of drug-likeness (QED) is 0.820. The first kappa shape index (κ1) is 19.1. The number of nitriles is 1. The standard InChI is InChI=1S/C19H27N3O3/c1-14(2)22-8-4-5-16(12-22)11-21-19(23)13-25-17-7-6-15(10-20)9-18(17)24-3/h6-7,9,14,16H,4-5,8,11-13H2,1-3H3,(H,21,23)/t16-/m1/s1. The molecule has 0 saturated carbocycles. The molecule has 6 heteroatoms. The highest BCUT2D eigenvalue weighted by Gasteiger charge is 2.22. The predicted octanol–water partition coefficient (Wildman–Crippen LogP) is 2.18. The van der Waals surface area contributed by atoms with Gasteiger partial charge in [0, 0.05) is 25.2 Å². The Balaban J connectivity index is 1.78. The molecule has 2 rings (SSSR count). The average molecular weight is 345 g/mol. The number of carbonyl (C=O) groups is 1. The highest BCUT2D eigenvalue weighted by atomic mass is 16.5. The van der Waals surface area contributed by atoms with Crippen molar-refractivity contribution in [2.24, 2.45) is 5.92 Å². The first-order chi connectivity index (χ1) is 12.0. The molecule has 25 heavy (non-hydrogen) atoms. The number of piperidine rings is 1. The van der Waals surface area contributed by atoms with Crippen molar-refractivity contribution in [1.29, 1.82) is 5.26 Å². The molecule has 1 amide bonds. The lowest BCUT2D eigenvalue weighted by Gasteiger charge is -2.35. The summed E-state index contributed by atoms with van der Waals surface area (Å²) < 4.78 is 10.7. The maximum Gasteiger partial charge on any atom is 0.257 e. The van der Waals surface area contributed by atoms with Crippen LogP contribution in [0.1, 0.15) is 32.3 Å². The molecule has 1 N–H and O–H groups in total. The number of hydrogen-bond donors (Lipinski definition) is 1. The lowest BCUT2D eigenvalue weighted by molar-refractivity contribution is -0.123. The molecule has 1 fully saturated rings. The molecule has 1 heterocycles. The molecule has 0 aliphatic carbocycles. The zero-order chi connectivity index (χ0) is 18.2. The van der Waals surface area contributed by atoms with Gasteiger partial charge in [0.1, 0.15) is 0 Å². The van der Waals surface area contributed by atoms with E-state index in [2.05, 4.69) is 24.1 Å². The number of ether oxygens (including phenoxy) is 2. The lowest BCUT2D eigenvalue weighted by atomic mass is 9.97. The van der Waals surface area contributed by atoms with Gasteiger partial charge in [-0.15, -0.1) is 0 Å². The molecule has 0 bridgehead atoms. The summed E-state index contributed by atoms with van der Waals surface area (Å²) in [5, 5.41) is 11.9. The maximum atomic E-state index is 12.1. The molecule has 1 atom stereocenters. The summed E-state index contributed by atoms with van der Waals surface area (Å²) >= 11 is 0. The van der Waals surface area contributed by atoms with Gasteiger partial charge in [0.25, 0.3) is 5.91 Å². The van der Waals surface area contributed by atoms with Crippen LogP contribution in [-0.4, -0.2) is 50.2 Å². The van der Waals surface area contributed by atoms with Gasteiger partial charge in [-0.05, 0) is 51.3 Å². The molecule has 0 unspecified atom stereocenters. The predicted molar refractivity (Wildman–Crippen MR) is 95.6 cm³/mol. The van der Waals surface area contributed by atoms with Crippen molar-refractivity contribution in [3.8, 4) is 17.6 Å². The van der Waals surface area contributed by atoms with Crippen molar-refractivity contribution in [3.63, 3.8) is 0 Å². The van der Waals surface area contributed by atoms with Crippen molar-refractivity contribution < 1.29 is 14.3 Å². The number of likely N-dealkylation sites (tertiary alicyclic amines) is 1. The van der Waals surface area contributed by atoms with E-state index in [0.717, 1.165) is 19.5 Å². The fraction of sp³-hybridized carbons (Fsp3) is 0.579. The number of hydrogen-bond acceptors (Lipinski definition) is 5. The topological polar surface area (TPSA) is 74.6 Å². The Hall–Kier alpha value is -2.26. The zero-order valence-corrected chi connectivity index (χ0v) is 15.2. The average Bonchev–Trinajstić information content (AvgIpc) is 2.64. The van der Waals surface area contributed by atoms with Crippen molar-refractivity contribution in [3.05, 3.63) is 23.8 Å². The molecule has 1 aromatic rings. The van der Waals surface area contributed by atoms with E-state index >= 15 is 0 Å². The number of nitrogens with one attached hydrogen (secondary N) is 1. The van der Waals surface area contributed by atoms with Crippen LogP contribution in [0, 0.1) is 17.2 Å².